The molecular weight excluding hydrogens is 252 g/mol. The van der Waals surface area contributed by atoms with Crippen molar-refractivity contribution >= 4 is 17.7 Å². The van der Waals surface area contributed by atoms with Gasteiger partial charge in [0.15, 0.2) is 0 Å². The molecule has 3 N–H and O–H groups in total. The Kier molecular flexibility index (Phi) is 4.69. The van der Waals surface area contributed by atoms with Gasteiger partial charge in [0.05, 0.1) is 13.2 Å². The van der Waals surface area contributed by atoms with E-state index in [2.05, 4.69) is 21.1 Å². The lowest BCUT2D eigenvalue weighted by Crippen LogP contribution is -2.41. The van der Waals surface area contributed by atoms with Gasteiger partial charge >= 0.3 is 0 Å². The third-order valence-corrected chi connectivity index (χ3v) is 3.19. The summed E-state index contributed by atoms with van der Waals surface area (Å²) >= 11 is 0. The second kappa shape index (κ2) is 6.48. The Balaban J connectivity index is 1.64. The van der Waals surface area contributed by atoms with Gasteiger partial charge in [0.25, 0.3) is 11.8 Å². The van der Waals surface area contributed by atoms with Crippen LogP contribution in [-0.2, 0) is 19.1 Å². The van der Waals surface area contributed by atoms with Crippen LogP contribution in [0.5, 0.6) is 0 Å². The number of nitrogens with one attached hydrogen (secondary N) is 3. The van der Waals surface area contributed by atoms with E-state index in [9.17, 15) is 14.4 Å². The smallest absolute Gasteiger partial charge is 0.251 e. The summed E-state index contributed by atoms with van der Waals surface area (Å²) in [6.45, 7) is 4.42. The second-order valence-electron chi connectivity index (χ2n) is 4.54. The first-order valence-corrected chi connectivity index (χ1v) is 6.33. The lowest BCUT2D eigenvalue weighted by Gasteiger charge is -2.26. The van der Waals surface area contributed by atoms with Gasteiger partial charge in [0.2, 0.25) is 5.91 Å². The minimum atomic E-state index is -0.914. The van der Waals surface area contributed by atoms with Crippen molar-refractivity contribution in [3.05, 3.63) is 0 Å². The van der Waals surface area contributed by atoms with E-state index in [0.29, 0.717) is 6.54 Å². The summed E-state index contributed by atoms with van der Waals surface area (Å²) in [5, 5.41) is 2.72. The Morgan fingerprint density at radius 2 is 1.89 bits per heavy atom. The summed E-state index contributed by atoms with van der Waals surface area (Å²) in [4.78, 5) is 36.3. The number of carbonyl (C=O) groups excluding carboxylic acids is 3. The highest BCUT2D eigenvalue weighted by Gasteiger charge is 2.34. The summed E-state index contributed by atoms with van der Waals surface area (Å²) in [6.07, 6.45) is -0.110. The number of hydrogen-bond donors (Lipinski definition) is 3. The van der Waals surface area contributed by atoms with Crippen LogP contribution in [0.25, 0.3) is 0 Å². The van der Waals surface area contributed by atoms with Crippen molar-refractivity contribution < 1.29 is 19.1 Å². The fourth-order valence-electron chi connectivity index (χ4n) is 2.04. The Labute approximate surface area is 110 Å². The number of nitrogens with zero attached hydrogens (tertiary/aromatic N) is 1. The van der Waals surface area contributed by atoms with Crippen molar-refractivity contribution in [3.63, 3.8) is 0 Å². The molecule has 0 unspecified atom stereocenters. The van der Waals surface area contributed by atoms with E-state index in [4.69, 9.17) is 4.74 Å². The summed E-state index contributed by atoms with van der Waals surface area (Å²) in [6, 6.07) is 0. The van der Waals surface area contributed by atoms with E-state index in [-0.39, 0.29) is 12.3 Å². The third kappa shape index (κ3) is 3.90. The van der Waals surface area contributed by atoms with E-state index in [1.54, 1.807) is 0 Å². The molecule has 2 rings (SSSR count). The molecule has 0 aromatic rings. The van der Waals surface area contributed by atoms with Crippen LogP contribution in [0, 0.1) is 5.92 Å². The van der Waals surface area contributed by atoms with Gasteiger partial charge in [0, 0.05) is 32.6 Å². The first kappa shape index (κ1) is 13.8. The number of rotatable bonds is 5. The highest BCUT2D eigenvalue weighted by Crippen LogP contribution is 2.07. The predicted octanol–water partition coefficient (Wildman–Crippen LogP) is -2.40. The lowest BCUT2D eigenvalue weighted by molar-refractivity contribution is -0.133. The zero-order valence-corrected chi connectivity index (χ0v) is 10.6. The summed E-state index contributed by atoms with van der Waals surface area (Å²) in [7, 11) is 0. The van der Waals surface area contributed by atoms with Crippen LogP contribution < -0.4 is 16.2 Å². The Hall–Kier alpha value is -1.67. The van der Waals surface area contributed by atoms with Crippen LogP contribution in [0.4, 0.5) is 0 Å². The minimum absolute atomic E-state index is 0.110. The third-order valence-electron chi connectivity index (χ3n) is 3.19. The standard InChI is InChI=1S/C11H18N4O4/c16-9(7-8-10(17)13-14-11(8)18)12-1-2-15-3-5-19-6-4-15/h8H,1-7H2,(H,12,16)(H,13,17)(H,14,18). The predicted molar refractivity (Wildman–Crippen MR) is 64.7 cm³/mol. The molecule has 0 saturated carbocycles. The largest absolute Gasteiger partial charge is 0.379 e. The molecule has 2 heterocycles. The van der Waals surface area contributed by atoms with Crippen LogP contribution in [0.3, 0.4) is 0 Å². The molecule has 2 aliphatic rings. The summed E-state index contributed by atoms with van der Waals surface area (Å²) in [5.74, 6) is -2.10. The van der Waals surface area contributed by atoms with Gasteiger partial charge in [-0.25, -0.2) is 0 Å². The van der Waals surface area contributed by atoms with Gasteiger partial charge in [-0.05, 0) is 0 Å². The molecule has 0 radical (unpaired) electrons. The number of hydrogen-bond acceptors (Lipinski definition) is 5. The molecule has 0 aromatic heterocycles. The summed E-state index contributed by atoms with van der Waals surface area (Å²) < 4.78 is 5.22. The van der Waals surface area contributed by atoms with Crippen molar-refractivity contribution in [3.8, 4) is 0 Å². The van der Waals surface area contributed by atoms with E-state index in [0.717, 1.165) is 32.8 Å². The van der Waals surface area contributed by atoms with Crippen molar-refractivity contribution in [2.45, 2.75) is 6.42 Å². The number of morpholine rings is 1. The van der Waals surface area contributed by atoms with E-state index in [1.807, 2.05) is 0 Å². The van der Waals surface area contributed by atoms with Gasteiger partial charge in [-0.1, -0.05) is 0 Å². The van der Waals surface area contributed by atoms with Gasteiger partial charge in [-0.3, -0.25) is 30.1 Å². The SMILES string of the molecule is O=C(CC1C(=O)NNC1=O)NCCN1CCOCC1. The molecule has 0 aliphatic carbocycles. The van der Waals surface area contributed by atoms with Crippen molar-refractivity contribution in [2.75, 3.05) is 39.4 Å². The first-order valence-electron chi connectivity index (χ1n) is 6.33. The second-order valence-corrected chi connectivity index (χ2v) is 4.54. The van der Waals surface area contributed by atoms with Gasteiger partial charge in [-0.2, -0.15) is 0 Å². The van der Waals surface area contributed by atoms with Gasteiger partial charge < -0.3 is 10.1 Å². The molecule has 0 bridgehead atoms. The van der Waals surface area contributed by atoms with Crippen molar-refractivity contribution in [1.82, 2.24) is 21.1 Å². The zero-order chi connectivity index (χ0) is 13.7. The maximum Gasteiger partial charge on any atom is 0.251 e. The van der Waals surface area contributed by atoms with Crippen LogP contribution >= 0.6 is 0 Å². The Morgan fingerprint density at radius 1 is 1.26 bits per heavy atom. The van der Waals surface area contributed by atoms with E-state index >= 15 is 0 Å². The molecule has 0 atom stereocenters. The van der Waals surface area contributed by atoms with Gasteiger partial charge in [-0.15, -0.1) is 0 Å². The molecule has 19 heavy (non-hydrogen) atoms. The average Bonchev–Trinajstić information content (AvgIpc) is 2.72. The number of hydrazine groups is 1. The quantitative estimate of drug-likeness (QED) is 0.484. The Bertz CT molecular complexity index is 352. The average molecular weight is 270 g/mol. The first-order chi connectivity index (χ1) is 9.16. The molecule has 2 fully saturated rings. The van der Waals surface area contributed by atoms with Crippen molar-refractivity contribution in [2.24, 2.45) is 5.92 Å². The highest BCUT2D eigenvalue weighted by molar-refractivity contribution is 6.07. The molecule has 8 heteroatoms. The fraction of sp³-hybridized carbons (Fsp3) is 0.727. The van der Waals surface area contributed by atoms with Crippen LogP contribution in [0.1, 0.15) is 6.42 Å². The maximum atomic E-state index is 11.6. The van der Waals surface area contributed by atoms with Crippen LogP contribution in [-0.4, -0.2) is 62.0 Å². The normalized spacial score (nSPS) is 21.1. The van der Waals surface area contributed by atoms with E-state index in [1.165, 1.54) is 0 Å². The lowest BCUT2D eigenvalue weighted by atomic mass is 10.1. The maximum absolute atomic E-state index is 11.6. The molecule has 106 valence electrons. The zero-order valence-electron chi connectivity index (χ0n) is 10.6. The van der Waals surface area contributed by atoms with E-state index < -0.39 is 17.7 Å². The summed E-state index contributed by atoms with van der Waals surface area (Å²) in [5.41, 5.74) is 4.38. The molecule has 2 aliphatic heterocycles. The monoisotopic (exact) mass is 270 g/mol. The van der Waals surface area contributed by atoms with Gasteiger partial charge in [0.1, 0.15) is 5.92 Å². The molecule has 8 nitrogen and oxygen atoms in total. The number of amides is 3. The molecular formula is C11H18N4O4. The molecule has 3 amide bonds. The number of carbonyl (C=O) groups is 3. The topological polar surface area (TPSA) is 99.8 Å². The van der Waals surface area contributed by atoms with Crippen molar-refractivity contribution in [1.29, 1.82) is 0 Å². The molecule has 0 aromatic carbocycles. The minimum Gasteiger partial charge on any atom is -0.379 e. The fourth-order valence-corrected chi connectivity index (χ4v) is 2.04. The highest BCUT2D eigenvalue weighted by atomic mass is 16.5. The Morgan fingerprint density at radius 3 is 2.53 bits per heavy atom. The molecule has 0 spiro atoms. The molecule has 2 saturated heterocycles. The van der Waals surface area contributed by atoms with Crippen LogP contribution in [0.15, 0.2) is 0 Å². The number of ether oxygens (including phenoxy) is 1. The van der Waals surface area contributed by atoms with Crippen LogP contribution in [0.2, 0.25) is 0 Å².